The minimum absolute atomic E-state index is 0.0156. The minimum Gasteiger partial charge on any atom is -0.508 e. The van der Waals surface area contributed by atoms with Crippen molar-refractivity contribution in [3.05, 3.63) is 359 Å². The van der Waals surface area contributed by atoms with Gasteiger partial charge in [0.2, 0.25) is 0 Å². The van der Waals surface area contributed by atoms with Gasteiger partial charge in [0, 0.05) is 97.5 Å². The van der Waals surface area contributed by atoms with Gasteiger partial charge < -0.3 is 94.3 Å². The third kappa shape index (κ3) is 21.9. The molecule has 19 nitrogen and oxygen atoms in total. The first-order chi connectivity index (χ1) is 62.7. The van der Waals surface area contributed by atoms with Crippen LogP contribution in [0.2, 0.25) is 0 Å². The molecule has 4 aliphatic rings. The van der Waals surface area contributed by atoms with Crippen molar-refractivity contribution >= 4 is 92.1 Å². The summed E-state index contributed by atoms with van der Waals surface area (Å²) in [7, 11) is 12.5. The normalized spacial score (nSPS) is 19.0. The van der Waals surface area contributed by atoms with Gasteiger partial charge in [-0.05, 0) is 275 Å². The van der Waals surface area contributed by atoms with Crippen molar-refractivity contribution in [2.45, 2.75) is 124 Å². The second-order valence-electron chi connectivity index (χ2n) is 32.4. The number of likely N-dealkylation sites (N-methyl/N-ethyl adjacent to an activating group) is 4. The molecule has 0 aromatic heterocycles. The second kappa shape index (κ2) is 43.7. The summed E-state index contributed by atoms with van der Waals surface area (Å²) in [5, 5.41) is 87.8. The fourth-order valence-corrected chi connectivity index (χ4v) is 19.1. The number of phenolic OH excluding ortho intramolecular Hbond substituents is 5. The number of thiocarbonyl (C=S) groups is 4. The Morgan fingerprint density at radius 2 is 0.538 bits per heavy atom. The molecule has 130 heavy (non-hydrogen) atoms. The quantitative estimate of drug-likeness (QED) is 0.0177. The molecule has 16 rings (SSSR count). The second-order valence-corrected chi connectivity index (χ2v) is 33.9. The molecule has 0 saturated carbocycles. The molecule has 27 heteroatoms. The molecule has 676 valence electrons. The third-order valence-electron chi connectivity index (χ3n) is 24.6. The van der Waals surface area contributed by atoms with Crippen molar-refractivity contribution < 1.29 is 72.6 Å². The van der Waals surface area contributed by atoms with Gasteiger partial charge in [0.1, 0.15) is 69.3 Å². The first kappa shape index (κ1) is 95.0. The van der Waals surface area contributed by atoms with Gasteiger partial charge >= 0.3 is 0 Å². The van der Waals surface area contributed by atoms with Gasteiger partial charge in [0.15, 0.2) is 20.4 Å². The van der Waals surface area contributed by atoms with E-state index in [4.69, 9.17) is 63.1 Å². The van der Waals surface area contributed by atoms with E-state index in [2.05, 4.69) is 9.80 Å². The summed E-state index contributed by atoms with van der Waals surface area (Å²) in [4.78, 5) is 16.4. The lowest BCUT2D eigenvalue weighted by Crippen LogP contribution is -2.31. The Hall–Kier alpha value is -12.6. The van der Waals surface area contributed by atoms with Crippen LogP contribution >= 0.6 is 48.9 Å². The van der Waals surface area contributed by atoms with Crippen molar-refractivity contribution in [3.63, 3.8) is 0 Å². The van der Waals surface area contributed by atoms with Gasteiger partial charge in [-0.2, -0.15) is 0 Å². The van der Waals surface area contributed by atoms with Gasteiger partial charge in [-0.25, -0.2) is 17.6 Å². The van der Waals surface area contributed by atoms with E-state index in [9.17, 15) is 58.4 Å². The van der Waals surface area contributed by atoms with Crippen LogP contribution in [-0.2, 0) is 6.42 Å². The molecule has 4 heterocycles. The number of aliphatic hydroxyl groups excluding tert-OH is 3. The highest BCUT2D eigenvalue weighted by atomic mass is 32.1. The summed E-state index contributed by atoms with van der Waals surface area (Å²) in [5.41, 5.74) is 9.75. The molecule has 4 aliphatic heterocycles. The Labute approximate surface area is 777 Å². The molecule has 0 spiro atoms. The zero-order valence-electron chi connectivity index (χ0n) is 73.0. The van der Waals surface area contributed by atoms with E-state index in [0.29, 0.717) is 93.4 Å². The number of phenols is 5. The Morgan fingerprint density at radius 1 is 0.300 bits per heavy atom. The number of methoxy groups -OCH3 is 3. The zero-order valence-corrected chi connectivity index (χ0v) is 76.2. The molecule has 4 saturated heterocycles. The van der Waals surface area contributed by atoms with Gasteiger partial charge in [-0.1, -0.05) is 121 Å². The monoisotopic (exact) mass is 1830 g/mol. The smallest absolute Gasteiger partial charge is 0.176 e. The van der Waals surface area contributed by atoms with Crippen LogP contribution in [0.25, 0.3) is 0 Å². The van der Waals surface area contributed by atoms with Crippen molar-refractivity contribution in [1.82, 2.24) is 19.6 Å². The highest BCUT2D eigenvalue weighted by Crippen LogP contribution is 2.50. The van der Waals surface area contributed by atoms with Crippen LogP contribution in [0, 0.1) is 23.3 Å². The van der Waals surface area contributed by atoms with Crippen LogP contribution in [0.1, 0.15) is 138 Å². The highest BCUT2D eigenvalue weighted by Gasteiger charge is 2.49. The Bertz CT molecular complexity index is 5590. The summed E-state index contributed by atoms with van der Waals surface area (Å²) in [6.45, 7) is 0. The van der Waals surface area contributed by atoms with E-state index in [1.54, 1.807) is 88.1 Å². The number of anilines is 4. The standard InChI is InChI=1S/2C26H27FN2O3S.C26H27FN2O2S.C25H25FN2O3S/c2*1-28-22(14-15-23(30)17-8-10-18(27)11-9-17)25(21-13-12-20(32-2)16-24(21)31)29(26(28)33)19-6-4-3-5-7-19;1-28-23(10-6-7-18-11-13-19(27)14-12-18)25(22-16-15-21(31-2)17-24(22)30)29(26(28)32)20-8-4-3-5-9-20;1-27-21(13-14-22(30)16-7-9-17(26)10-8-16)24(20-12-11-19(29)15-23(20)31)28(25(27)32)18-5-3-2-4-6-18/h2*3-13,16,22-23,25,30-31H,14-15H2,1-2H3;3-5,8-9,11-17,23,25,30H,6-7,10H2,1-2H3;2-12,15,21-22,24,29-31H,13-14H2,1H3/t22-,23?,25+;22-,23-,25+;23-,25+;/m000./s1. The summed E-state index contributed by atoms with van der Waals surface area (Å²) in [6.07, 6.45) is 3.55. The van der Waals surface area contributed by atoms with Crippen LogP contribution in [0.4, 0.5) is 40.3 Å². The predicted molar refractivity (Wildman–Crippen MR) is 518 cm³/mol. The number of aliphatic hydroxyl groups is 3. The lowest BCUT2D eigenvalue weighted by molar-refractivity contribution is 0.152. The van der Waals surface area contributed by atoms with E-state index >= 15 is 0 Å². The number of para-hydroxylation sites is 4. The number of nitrogens with zero attached hydrogens (tertiary/aromatic N) is 8. The maximum atomic E-state index is 13.3. The fourth-order valence-electron chi connectivity index (χ4n) is 17.7. The molecule has 0 amide bonds. The first-order valence-electron chi connectivity index (χ1n) is 42.8. The van der Waals surface area contributed by atoms with E-state index < -0.39 is 18.3 Å². The maximum Gasteiger partial charge on any atom is 0.176 e. The van der Waals surface area contributed by atoms with E-state index in [0.717, 1.165) is 69.4 Å². The molecule has 11 atom stereocenters. The van der Waals surface area contributed by atoms with E-state index in [-0.39, 0.29) is 100 Å². The number of rotatable bonds is 27. The SMILES string of the molecule is CN1C(=S)N(c2ccccc2)C(c2ccc(O)cc2O)C1CCC(O)c1ccc(F)cc1.COc1ccc([C@@H]2[C@H](CCC(O)c3ccc(F)cc3)N(C)C(=S)N2c2ccccc2)c(O)c1.COc1ccc([C@@H]2[C@H](CCCc3ccc(F)cc3)N(C)C(=S)N2c2ccccc2)c(O)c1.COc1ccc([C@@H]2[C@H](CC[C@H](O)c3ccc(F)cc3)N(C)C(=S)N2c2ccccc2)c(O)c1. The van der Waals surface area contributed by atoms with E-state index in [1.807, 2.05) is 227 Å². The molecule has 4 fully saturated rings. The summed E-state index contributed by atoms with van der Waals surface area (Å²) in [6, 6.07) is 83.0. The van der Waals surface area contributed by atoms with Crippen LogP contribution in [-0.4, -0.2) is 155 Å². The predicted octanol–water partition coefficient (Wildman–Crippen LogP) is 21.0. The number of aromatic hydroxyl groups is 5. The maximum absolute atomic E-state index is 13.3. The Balaban J connectivity index is 0.000000148. The van der Waals surface area contributed by atoms with Crippen LogP contribution in [0.5, 0.6) is 46.0 Å². The zero-order chi connectivity index (χ0) is 92.6. The molecular formula is C103H106F4N8O11S4. The van der Waals surface area contributed by atoms with Gasteiger partial charge in [0.25, 0.3) is 0 Å². The van der Waals surface area contributed by atoms with Gasteiger partial charge in [0.05, 0.1) is 88.0 Å². The number of benzene rings is 12. The molecule has 12 aromatic carbocycles. The average Bonchev–Trinajstić information content (AvgIpc) is 1.62. The van der Waals surface area contributed by atoms with Crippen LogP contribution in [0.3, 0.4) is 0 Å². The molecule has 0 radical (unpaired) electrons. The van der Waals surface area contributed by atoms with Crippen molar-refractivity contribution in [1.29, 1.82) is 0 Å². The average molecular weight is 1840 g/mol. The van der Waals surface area contributed by atoms with E-state index in [1.165, 1.54) is 54.6 Å². The number of hydrogen-bond acceptors (Lipinski definition) is 15. The number of halogens is 4. The topological polar surface area (TPSA) is 215 Å². The molecule has 12 aromatic rings. The third-order valence-corrected chi connectivity index (χ3v) is 26.5. The molecular weight excluding hydrogens is 1730 g/mol. The number of aryl methyl sites for hydroxylation is 1. The molecule has 8 N–H and O–H groups in total. The summed E-state index contributed by atoms with van der Waals surface area (Å²) in [5.74, 6) is 0.931. The van der Waals surface area contributed by atoms with Gasteiger partial charge in [-0.3, -0.25) is 0 Å². The van der Waals surface area contributed by atoms with Crippen molar-refractivity contribution in [2.75, 3.05) is 69.1 Å². The first-order valence-corrected chi connectivity index (χ1v) is 44.4. The van der Waals surface area contributed by atoms with Crippen LogP contribution in [0.15, 0.2) is 291 Å². The lowest BCUT2D eigenvalue weighted by atomic mass is 9.92. The minimum atomic E-state index is -0.752. The highest BCUT2D eigenvalue weighted by molar-refractivity contribution is 7.81. The van der Waals surface area contributed by atoms with Gasteiger partial charge in [-0.15, -0.1) is 0 Å². The summed E-state index contributed by atoms with van der Waals surface area (Å²) < 4.78 is 68.8. The number of ether oxygens (including phenoxy) is 3. The van der Waals surface area contributed by atoms with Crippen LogP contribution < -0.4 is 33.8 Å². The largest absolute Gasteiger partial charge is 0.508 e. The number of hydrogen-bond donors (Lipinski definition) is 8. The molecule has 0 bridgehead atoms. The van der Waals surface area contributed by atoms with Crippen molar-refractivity contribution in [3.8, 4) is 46.0 Å². The molecule has 0 aliphatic carbocycles. The van der Waals surface area contributed by atoms with Crippen molar-refractivity contribution in [2.24, 2.45) is 0 Å². The lowest BCUT2D eigenvalue weighted by Gasteiger charge is -2.29. The molecule has 4 unspecified atom stereocenters. The fraction of sp³-hybridized carbons (Fsp3) is 0.262. The Kier molecular flexibility index (Phi) is 31.9. The summed E-state index contributed by atoms with van der Waals surface area (Å²) >= 11 is 23.3. The Morgan fingerprint density at radius 3 is 0.785 bits per heavy atom.